The Morgan fingerprint density at radius 2 is 0.672 bits per heavy atom. The van der Waals surface area contributed by atoms with E-state index in [-0.39, 0.29) is 31.1 Å². The van der Waals surface area contributed by atoms with E-state index >= 15 is 0 Å². The van der Waals surface area contributed by atoms with Crippen molar-refractivity contribution in [2.45, 2.75) is 252 Å². The molecule has 0 saturated heterocycles. The molecule has 0 aromatic rings. The van der Waals surface area contributed by atoms with Crippen LogP contribution in [0, 0.1) is 0 Å². The second-order valence-electron chi connectivity index (χ2n) is 16.4. The first-order valence-electron chi connectivity index (χ1n) is 24.6. The van der Waals surface area contributed by atoms with E-state index in [0.29, 0.717) is 19.3 Å². The Morgan fingerprint density at radius 1 is 0.345 bits per heavy atom. The Bertz CT molecular complexity index is 1030. The van der Waals surface area contributed by atoms with Crippen LogP contribution >= 0.6 is 0 Å². The normalized spacial score (nSPS) is 12.4. The average molecular weight is 813 g/mol. The third-order valence-corrected chi connectivity index (χ3v) is 10.5. The highest BCUT2D eigenvalue weighted by Gasteiger charge is 2.19. The van der Waals surface area contributed by atoms with Crippen LogP contribution in [-0.4, -0.2) is 37.2 Å². The summed E-state index contributed by atoms with van der Waals surface area (Å²) < 4.78 is 16.7. The van der Waals surface area contributed by atoms with Gasteiger partial charge in [-0.05, 0) is 89.9 Å². The summed E-state index contributed by atoms with van der Waals surface area (Å²) in [4.78, 5) is 37.8. The lowest BCUT2D eigenvalue weighted by molar-refractivity contribution is -0.167. The van der Waals surface area contributed by atoms with E-state index in [2.05, 4.69) is 69.4 Å². The van der Waals surface area contributed by atoms with Gasteiger partial charge in [0, 0.05) is 19.3 Å². The van der Waals surface area contributed by atoms with Crippen LogP contribution in [0.25, 0.3) is 0 Å². The molecule has 58 heavy (non-hydrogen) atoms. The second kappa shape index (κ2) is 47.1. The van der Waals surface area contributed by atoms with Gasteiger partial charge < -0.3 is 14.2 Å². The van der Waals surface area contributed by atoms with Crippen molar-refractivity contribution in [2.24, 2.45) is 0 Å². The Morgan fingerprint density at radius 3 is 1.09 bits per heavy atom. The molecule has 6 nitrogen and oxygen atoms in total. The fourth-order valence-corrected chi connectivity index (χ4v) is 6.75. The number of ether oxygens (including phenoxy) is 3. The highest BCUT2D eigenvalue weighted by Crippen LogP contribution is 2.14. The minimum atomic E-state index is -0.779. The molecular formula is C52H92O6. The number of unbranched alkanes of at least 4 members (excludes halogenated alkanes) is 25. The van der Waals surface area contributed by atoms with Gasteiger partial charge in [-0.2, -0.15) is 0 Å². The highest BCUT2D eigenvalue weighted by molar-refractivity contribution is 5.71. The SMILES string of the molecule is CCC/C=C\CCCCCCCC(=O)OCC(COC(=O)CCCCCCCCCCC/C=C\C/C=C\CCCCC)OC(=O)CCCCCCC/C=C\CCCC. The molecule has 1 unspecified atom stereocenters. The maximum absolute atomic E-state index is 12.7. The molecule has 0 aliphatic heterocycles. The van der Waals surface area contributed by atoms with Crippen LogP contribution in [0.2, 0.25) is 0 Å². The lowest BCUT2D eigenvalue weighted by Gasteiger charge is -2.18. The number of esters is 3. The van der Waals surface area contributed by atoms with Crippen LogP contribution < -0.4 is 0 Å². The molecule has 6 heteroatoms. The lowest BCUT2D eigenvalue weighted by Crippen LogP contribution is -2.30. The van der Waals surface area contributed by atoms with Gasteiger partial charge in [-0.3, -0.25) is 14.4 Å². The number of allylic oxidation sites excluding steroid dienone is 8. The summed E-state index contributed by atoms with van der Waals surface area (Å²) in [5.74, 6) is -0.904. The monoisotopic (exact) mass is 813 g/mol. The van der Waals surface area contributed by atoms with Crippen LogP contribution in [0.15, 0.2) is 48.6 Å². The average Bonchev–Trinajstić information content (AvgIpc) is 3.22. The van der Waals surface area contributed by atoms with Crippen molar-refractivity contribution < 1.29 is 28.6 Å². The molecule has 1 atom stereocenters. The molecule has 0 heterocycles. The maximum Gasteiger partial charge on any atom is 0.306 e. The molecule has 0 amide bonds. The van der Waals surface area contributed by atoms with Crippen LogP contribution in [0.1, 0.15) is 245 Å². The molecular weight excluding hydrogens is 721 g/mol. The molecule has 0 aliphatic rings. The summed E-state index contributed by atoms with van der Waals surface area (Å²) in [5.41, 5.74) is 0. The van der Waals surface area contributed by atoms with Crippen molar-refractivity contribution in [2.75, 3.05) is 13.2 Å². The number of rotatable bonds is 44. The zero-order valence-electron chi connectivity index (χ0n) is 38.3. The van der Waals surface area contributed by atoms with Gasteiger partial charge in [0.15, 0.2) is 6.10 Å². The number of hydrogen-bond acceptors (Lipinski definition) is 6. The third-order valence-electron chi connectivity index (χ3n) is 10.5. The van der Waals surface area contributed by atoms with E-state index in [1.165, 1.54) is 116 Å². The van der Waals surface area contributed by atoms with Crippen LogP contribution in [0.5, 0.6) is 0 Å². The highest BCUT2D eigenvalue weighted by atomic mass is 16.6. The Kier molecular flexibility index (Phi) is 44.9. The van der Waals surface area contributed by atoms with Gasteiger partial charge in [0.2, 0.25) is 0 Å². The van der Waals surface area contributed by atoms with Crippen molar-refractivity contribution >= 4 is 17.9 Å². The molecule has 0 spiro atoms. The van der Waals surface area contributed by atoms with E-state index in [1.807, 2.05) is 0 Å². The zero-order chi connectivity index (χ0) is 42.3. The first-order chi connectivity index (χ1) is 28.5. The smallest absolute Gasteiger partial charge is 0.306 e. The summed E-state index contributed by atoms with van der Waals surface area (Å²) >= 11 is 0. The number of carbonyl (C=O) groups excluding carboxylic acids is 3. The van der Waals surface area contributed by atoms with Gasteiger partial charge in [-0.25, -0.2) is 0 Å². The quantitative estimate of drug-likeness (QED) is 0.0264. The molecule has 0 bridgehead atoms. The first kappa shape index (κ1) is 55.4. The van der Waals surface area contributed by atoms with Crippen LogP contribution in [-0.2, 0) is 28.6 Å². The van der Waals surface area contributed by atoms with Crippen molar-refractivity contribution in [3.8, 4) is 0 Å². The summed E-state index contributed by atoms with van der Waals surface area (Å²) in [6.45, 7) is 6.49. The molecule has 0 aromatic heterocycles. The molecule has 0 radical (unpaired) electrons. The summed E-state index contributed by atoms with van der Waals surface area (Å²) in [6, 6.07) is 0. The van der Waals surface area contributed by atoms with Gasteiger partial charge in [0.1, 0.15) is 13.2 Å². The van der Waals surface area contributed by atoms with Gasteiger partial charge in [0.05, 0.1) is 0 Å². The number of hydrogen-bond donors (Lipinski definition) is 0. The Labute approximate surface area is 358 Å². The number of carbonyl (C=O) groups is 3. The van der Waals surface area contributed by atoms with Gasteiger partial charge >= 0.3 is 17.9 Å². The van der Waals surface area contributed by atoms with E-state index in [9.17, 15) is 14.4 Å². The minimum Gasteiger partial charge on any atom is -0.462 e. The maximum atomic E-state index is 12.7. The topological polar surface area (TPSA) is 78.9 Å². The Hall–Kier alpha value is -2.63. The first-order valence-corrected chi connectivity index (χ1v) is 24.6. The molecule has 336 valence electrons. The second-order valence-corrected chi connectivity index (χ2v) is 16.4. The van der Waals surface area contributed by atoms with Crippen molar-refractivity contribution in [1.29, 1.82) is 0 Å². The van der Waals surface area contributed by atoms with Crippen molar-refractivity contribution in [3.63, 3.8) is 0 Å². The molecule has 0 fully saturated rings. The molecule has 0 rings (SSSR count). The molecule has 0 saturated carbocycles. The van der Waals surface area contributed by atoms with Gasteiger partial charge in [0.25, 0.3) is 0 Å². The standard InChI is InChI=1S/C52H92O6/c1-4-7-10-13-16-19-22-23-24-25-26-27-28-29-31-33-36-39-42-45-51(54)57-48-49(47-56-50(53)44-41-38-35-32-21-18-15-12-9-6-3)58-52(55)46-43-40-37-34-30-20-17-14-11-8-5-2/h12,14-17,19,23-24,49H,4-11,13,18,20-22,25-48H2,1-3H3/b15-12-,17-14-,19-16-,24-23-. The summed E-state index contributed by atoms with van der Waals surface area (Å²) in [5, 5.41) is 0. The fourth-order valence-electron chi connectivity index (χ4n) is 6.75. The molecule has 0 aliphatic carbocycles. The summed E-state index contributed by atoms with van der Waals surface area (Å²) in [7, 11) is 0. The van der Waals surface area contributed by atoms with Gasteiger partial charge in [-0.1, -0.05) is 185 Å². The van der Waals surface area contributed by atoms with Crippen LogP contribution in [0.3, 0.4) is 0 Å². The van der Waals surface area contributed by atoms with E-state index in [0.717, 1.165) is 89.9 Å². The van der Waals surface area contributed by atoms with Crippen molar-refractivity contribution in [1.82, 2.24) is 0 Å². The van der Waals surface area contributed by atoms with Crippen molar-refractivity contribution in [3.05, 3.63) is 48.6 Å². The zero-order valence-corrected chi connectivity index (χ0v) is 38.3. The fraction of sp³-hybridized carbons (Fsp3) is 0.788. The molecule has 0 aromatic carbocycles. The van der Waals surface area contributed by atoms with E-state index in [1.54, 1.807) is 0 Å². The largest absolute Gasteiger partial charge is 0.462 e. The predicted molar refractivity (Wildman–Crippen MR) is 247 cm³/mol. The van der Waals surface area contributed by atoms with Gasteiger partial charge in [-0.15, -0.1) is 0 Å². The lowest BCUT2D eigenvalue weighted by atomic mass is 10.1. The van der Waals surface area contributed by atoms with Crippen LogP contribution in [0.4, 0.5) is 0 Å². The predicted octanol–water partition coefficient (Wildman–Crippen LogP) is 15.9. The Balaban J connectivity index is 4.30. The minimum absolute atomic E-state index is 0.0811. The van der Waals surface area contributed by atoms with E-state index in [4.69, 9.17) is 14.2 Å². The van der Waals surface area contributed by atoms with E-state index < -0.39 is 6.10 Å². The third kappa shape index (κ3) is 44.5. The molecule has 0 N–H and O–H groups in total. The summed E-state index contributed by atoms with van der Waals surface area (Å²) in [6.07, 6.45) is 55.2.